The molecule has 0 radical (unpaired) electrons. The lowest BCUT2D eigenvalue weighted by Crippen LogP contribution is -2.02. The highest BCUT2D eigenvalue weighted by Gasteiger charge is 2.28. The zero-order valence-corrected chi connectivity index (χ0v) is 28.0. The van der Waals surface area contributed by atoms with Crippen LogP contribution in [0.3, 0.4) is 0 Å². The van der Waals surface area contributed by atoms with Gasteiger partial charge in [-0.3, -0.25) is 0 Å². The summed E-state index contributed by atoms with van der Waals surface area (Å²) in [6, 6.07) is 55.6. The summed E-state index contributed by atoms with van der Waals surface area (Å²) >= 11 is 0. The minimum absolute atomic E-state index is 0.845. The highest BCUT2D eigenvalue weighted by molar-refractivity contribution is 6.23. The van der Waals surface area contributed by atoms with Gasteiger partial charge < -0.3 is 9.13 Å². The number of hydrogen-bond acceptors (Lipinski definition) is 0. The van der Waals surface area contributed by atoms with E-state index in [0.717, 1.165) is 6.42 Å². The lowest BCUT2D eigenvalue weighted by Gasteiger charge is -2.19. The summed E-state index contributed by atoms with van der Waals surface area (Å²) in [5, 5.41) is 7.64. The van der Waals surface area contributed by atoms with E-state index >= 15 is 0 Å². The van der Waals surface area contributed by atoms with Gasteiger partial charge in [0.15, 0.2) is 0 Å². The van der Waals surface area contributed by atoms with Crippen LogP contribution in [-0.2, 0) is 0 Å². The molecule has 9 aromatic rings. The summed E-state index contributed by atoms with van der Waals surface area (Å²) in [7, 11) is 0. The Morgan fingerprint density at radius 1 is 0.490 bits per heavy atom. The molecular formula is C49H32N2. The minimum Gasteiger partial charge on any atom is -0.313 e. The maximum absolute atomic E-state index is 4.23. The van der Waals surface area contributed by atoms with E-state index in [9.17, 15) is 0 Å². The molecule has 0 N–H and O–H groups in total. The molecule has 2 heteroatoms. The Labute approximate surface area is 295 Å². The summed E-state index contributed by atoms with van der Waals surface area (Å²) in [4.78, 5) is 0. The standard InChI is InChI=1S/C49H32N2/c1-2-36-38-16-8-9-17-39(38)40-24-23-35(30-42(36)40)51-47-26-22-33(29-44(47)49-37-15-7-6-12-31(37)20-27-48(49)51)32-21-25-46-43(28-32)41-18-10-11-19-45(41)50(46)34-13-4-3-5-14-34/h2-29H,1,30H2. The average Bonchev–Trinajstić information content (AvgIpc) is 3.82. The fourth-order valence-electron chi connectivity index (χ4n) is 8.90. The van der Waals surface area contributed by atoms with Gasteiger partial charge >= 0.3 is 0 Å². The van der Waals surface area contributed by atoms with Crippen LogP contribution in [0.1, 0.15) is 17.5 Å². The second-order valence-electron chi connectivity index (χ2n) is 13.7. The zero-order chi connectivity index (χ0) is 33.6. The molecule has 2 aromatic heterocycles. The molecule has 7 aromatic carbocycles. The van der Waals surface area contributed by atoms with Crippen molar-refractivity contribution in [1.29, 1.82) is 0 Å². The van der Waals surface area contributed by atoms with Crippen LogP contribution in [0.25, 0.3) is 88.0 Å². The SMILES string of the molecule is C=CC1=C2CC(n3c4ccc(-c5ccc6c(c5)c5ccccc5n6-c5ccccc5)cc4c4c5ccccc5ccc43)=CC=C2c2ccccc21. The van der Waals surface area contributed by atoms with Crippen molar-refractivity contribution in [2.24, 2.45) is 0 Å². The largest absolute Gasteiger partial charge is 0.313 e. The number of nitrogens with zero attached hydrogens (tertiary/aromatic N) is 2. The topological polar surface area (TPSA) is 9.86 Å². The Morgan fingerprint density at radius 2 is 1.14 bits per heavy atom. The minimum atomic E-state index is 0.845. The molecule has 2 heterocycles. The van der Waals surface area contributed by atoms with E-state index in [1.54, 1.807) is 0 Å². The molecule has 0 aliphatic heterocycles. The van der Waals surface area contributed by atoms with Crippen molar-refractivity contribution >= 4 is 71.2 Å². The summed E-state index contributed by atoms with van der Waals surface area (Å²) in [6.07, 6.45) is 7.53. The average molecular weight is 649 g/mol. The van der Waals surface area contributed by atoms with E-state index in [1.165, 1.54) is 105 Å². The molecule has 238 valence electrons. The molecule has 2 aliphatic carbocycles. The van der Waals surface area contributed by atoms with E-state index in [4.69, 9.17) is 0 Å². The van der Waals surface area contributed by atoms with Crippen LogP contribution in [0, 0.1) is 0 Å². The van der Waals surface area contributed by atoms with Gasteiger partial charge in [0, 0.05) is 39.4 Å². The van der Waals surface area contributed by atoms with Gasteiger partial charge in [0.05, 0.1) is 22.1 Å². The number of allylic oxidation sites excluding steroid dienone is 7. The van der Waals surface area contributed by atoms with Gasteiger partial charge in [-0.1, -0.05) is 122 Å². The monoisotopic (exact) mass is 648 g/mol. The summed E-state index contributed by atoms with van der Waals surface area (Å²) < 4.78 is 4.88. The number of fused-ring (bicyclic) bond motifs is 11. The van der Waals surface area contributed by atoms with Crippen molar-refractivity contribution < 1.29 is 0 Å². The van der Waals surface area contributed by atoms with E-state index in [0.29, 0.717) is 0 Å². The van der Waals surface area contributed by atoms with Gasteiger partial charge in [-0.05, 0) is 104 Å². The fourth-order valence-corrected chi connectivity index (χ4v) is 8.90. The fraction of sp³-hybridized carbons (Fsp3) is 0.0204. The Morgan fingerprint density at radius 3 is 1.96 bits per heavy atom. The van der Waals surface area contributed by atoms with Gasteiger partial charge in [-0.15, -0.1) is 0 Å². The predicted molar refractivity (Wildman–Crippen MR) is 217 cm³/mol. The van der Waals surface area contributed by atoms with Crippen molar-refractivity contribution in [3.05, 3.63) is 193 Å². The molecular weight excluding hydrogens is 617 g/mol. The highest BCUT2D eigenvalue weighted by Crippen LogP contribution is 2.49. The first-order chi connectivity index (χ1) is 25.3. The van der Waals surface area contributed by atoms with Crippen molar-refractivity contribution in [3.8, 4) is 16.8 Å². The van der Waals surface area contributed by atoms with Gasteiger partial charge in [0.1, 0.15) is 0 Å². The van der Waals surface area contributed by atoms with Crippen molar-refractivity contribution in [1.82, 2.24) is 9.13 Å². The van der Waals surface area contributed by atoms with E-state index in [-0.39, 0.29) is 0 Å². The van der Waals surface area contributed by atoms with Gasteiger partial charge in [0.2, 0.25) is 0 Å². The first-order valence-electron chi connectivity index (χ1n) is 17.7. The maximum atomic E-state index is 4.23. The van der Waals surface area contributed by atoms with Crippen molar-refractivity contribution in [2.75, 3.05) is 0 Å². The molecule has 0 bridgehead atoms. The first kappa shape index (κ1) is 28.2. The van der Waals surface area contributed by atoms with Gasteiger partial charge in [-0.25, -0.2) is 0 Å². The summed E-state index contributed by atoms with van der Waals surface area (Å²) in [6.45, 7) is 4.23. The van der Waals surface area contributed by atoms with Crippen LogP contribution in [0.4, 0.5) is 0 Å². The zero-order valence-electron chi connectivity index (χ0n) is 28.0. The lowest BCUT2D eigenvalue weighted by atomic mass is 9.94. The predicted octanol–water partition coefficient (Wildman–Crippen LogP) is 13.0. The molecule has 2 nitrogen and oxygen atoms in total. The van der Waals surface area contributed by atoms with Gasteiger partial charge in [-0.2, -0.15) is 0 Å². The van der Waals surface area contributed by atoms with Crippen LogP contribution < -0.4 is 0 Å². The number of hydrogen-bond donors (Lipinski definition) is 0. The molecule has 2 aliphatic rings. The Kier molecular flexibility index (Phi) is 5.91. The van der Waals surface area contributed by atoms with Crippen LogP contribution in [0.2, 0.25) is 0 Å². The quantitative estimate of drug-likeness (QED) is 0.180. The molecule has 0 fully saturated rings. The van der Waals surface area contributed by atoms with Crippen LogP contribution in [0.5, 0.6) is 0 Å². The second kappa shape index (κ2) is 10.7. The van der Waals surface area contributed by atoms with Crippen molar-refractivity contribution in [2.45, 2.75) is 6.42 Å². The maximum Gasteiger partial charge on any atom is 0.0544 e. The van der Waals surface area contributed by atoms with E-state index < -0.39 is 0 Å². The number of para-hydroxylation sites is 2. The third-order valence-corrected chi connectivity index (χ3v) is 11.1. The summed E-state index contributed by atoms with van der Waals surface area (Å²) in [5.74, 6) is 0. The molecule has 0 atom stereocenters. The molecule has 0 saturated heterocycles. The highest BCUT2D eigenvalue weighted by atomic mass is 15.0. The Bertz CT molecular complexity index is 3050. The van der Waals surface area contributed by atoms with Crippen molar-refractivity contribution in [3.63, 3.8) is 0 Å². The van der Waals surface area contributed by atoms with Crippen LogP contribution >= 0.6 is 0 Å². The third kappa shape index (κ3) is 3.99. The smallest absolute Gasteiger partial charge is 0.0544 e. The Hall–Kier alpha value is -6.64. The summed E-state index contributed by atoms with van der Waals surface area (Å²) in [5.41, 5.74) is 16.3. The molecule has 0 unspecified atom stereocenters. The molecule has 0 spiro atoms. The molecule has 0 saturated carbocycles. The number of benzene rings is 7. The van der Waals surface area contributed by atoms with Crippen LogP contribution in [-0.4, -0.2) is 9.13 Å². The third-order valence-electron chi connectivity index (χ3n) is 11.1. The molecule has 11 rings (SSSR count). The Balaban J connectivity index is 1.13. The first-order valence-corrected chi connectivity index (χ1v) is 17.7. The van der Waals surface area contributed by atoms with Gasteiger partial charge in [0.25, 0.3) is 0 Å². The molecule has 51 heavy (non-hydrogen) atoms. The normalized spacial score (nSPS) is 14.0. The lowest BCUT2D eigenvalue weighted by molar-refractivity contribution is 1.11. The second-order valence-corrected chi connectivity index (χ2v) is 13.7. The number of rotatable bonds is 4. The van der Waals surface area contributed by atoms with Crippen LogP contribution in [0.15, 0.2) is 182 Å². The van der Waals surface area contributed by atoms with E-state index in [1.807, 2.05) is 6.08 Å². The van der Waals surface area contributed by atoms with E-state index in [2.05, 4.69) is 180 Å². The molecule has 0 amide bonds. The number of aromatic nitrogens is 2.